The van der Waals surface area contributed by atoms with Crippen LogP contribution < -0.4 is 10.6 Å². The molecule has 1 aliphatic rings. The lowest BCUT2D eigenvalue weighted by atomic mass is 10.0. The molecule has 0 bridgehead atoms. The Morgan fingerprint density at radius 3 is 2.56 bits per heavy atom. The van der Waals surface area contributed by atoms with Crippen LogP contribution in [-0.4, -0.2) is 36.9 Å². The topological polar surface area (TPSA) is 33.3 Å². The van der Waals surface area contributed by atoms with E-state index in [0.717, 1.165) is 19.7 Å². The molecule has 0 aromatic heterocycles. The minimum atomic E-state index is 0.0655. The van der Waals surface area contributed by atoms with E-state index in [4.69, 9.17) is 4.74 Å². The molecule has 0 radical (unpaired) electrons. The van der Waals surface area contributed by atoms with E-state index in [1.807, 2.05) is 0 Å². The van der Waals surface area contributed by atoms with Gasteiger partial charge in [-0.15, -0.1) is 0 Å². The van der Waals surface area contributed by atoms with Crippen LogP contribution >= 0.6 is 0 Å². The Morgan fingerprint density at radius 1 is 1.38 bits per heavy atom. The third-order valence-corrected chi connectivity index (χ3v) is 3.06. The van der Waals surface area contributed by atoms with Gasteiger partial charge in [0.2, 0.25) is 0 Å². The molecule has 1 heterocycles. The molecule has 1 aliphatic heterocycles. The summed E-state index contributed by atoms with van der Waals surface area (Å²) in [5, 5.41) is 7.06. The molecule has 3 heteroatoms. The van der Waals surface area contributed by atoms with Crippen molar-refractivity contribution in [2.24, 2.45) is 0 Å². The fourth-order valence-corrected chi connectivity index (χ4v) is 1.90. The van der Waals surface area contributed by atoms with E-state index in [-0.39, 0.29) is 11.1 Å². The average Bonchev–Trinajstić information content (AvgIpc) is 2.59. The maximum Gasteiger partial charge on any atom is 0.0779 e. The molecular formula is C13H28N2O. The van der Waals surface area contributed by atoms with Gasteiger partial charge in [0.1, 0.15) is 0 Å². The van der Waals surface area contributed by atoms with Crippen LogP contribution in [0.15, 0.2) is 0 Å². The quantitative estimate of drug-likeness (QED) is 0.754. The second-order valence-electron chi connectivity index (χ2n) is 6.31. The molecule has 0 saturated carbocycles. The van der Waals surface area contributed by atoms with Crippen LogP contribution in [0.2, 0.25) is 0 Å². The maximum atomic E-state index is 5.75. The molecule has 0 aliphatic carbocycles. The van der Waals surface area contributed by atoms with Crippen molar-refractivity contribution in [2.75, 3.05) is 19.7 Å². The Bertz CT molecular complexity index is 204. The standard InChI is InChI=1S/C13H28N2O/c1-11(9-15-12(2,3)4)14-10-13(5)7-6-8-16-13/h11,14-15H,6-10H2,1-5H3. The van der Waals surface area contributed by atoms with Crippen LogP contribution in [0.5, 0.6) is 0 Å². The third-order valence-electron chi connectivity index (χ3n) is 3.06. The number of nitrogens with one attached hydrogen (secondary N) is 2. The normalized spacial score (nSPS) is 28.3. The zero-order chi connectivity index (χ0) is 12.2. The van der Waals surface area contributed by atoms with Crippen molar-refractivity contribution in [3.63, 3.8) is 0 Å². The fraction of sp³-hybridized carbons (Fsp3) is 1.00. The molecule has 0 aromatic carbocycles. The van der Waals surface area contributed by atoms with Crippen molar-refractivity contribution in [1.29, 1.82) is 0 Å². The van der Waals surface area contributed by atoms with Crippen LogP contribution in [0.25, 0.3) is 0 Å². The molecule has 0 spiro atoms. The van der Waals surface area contributed by atoms with Crippen LogP contribution in [0, 0.1) is 0 Å². The largest absolute Gasteiger partial charge is 0.374 e. The molecular weight excluding hydrogens is 200 g/mol. The summed E-state index contributed by atoms with van der Waals surface area (Å²) < 4.78 is 5.75. The predicted octanol–water partition coefficient (Wildman–Crippen LogP) is 1.92. The van der Waals surface area contributed by atoms with Gasteiger partial charge >= 0.3 is 0 Å². The number of rotatable bonds is 5. The van der Waals surface area contributed by atoms with Gasteiger partial charge in [-0.3, -0.25) is 0 Å². The maximum absolute atomic E-state index is 5.75. The van der Waals surface area contributed by atoms with E-state index >= 15 is 0 Å². The summed E-state index contributed by atoms with van der Waals surface area (Å²) in [7, 11) is 0. The summed E-state index contributed by atoms with van der Waals surface area (Å²) in [6, 6.07) is 0.486. The first-order chi connectivity index (χ1) is 7.31. The van der Waals surface area contributed by atoms with Crippen molar-refractivity contribution in [3.05, 3.63) is 0 Å². The molecule has 16 heavy (non-hydrogen) atoms. The summed E-state index contributed by atoms with van der Waals surface area (Å²) in [6.45, 7) is 13.9. The summed E-state index contributed by atoms with van der Waals surface area (Å²) in [5.74, 6) is 0. The minimum absolute atomic E-state index is 0.0655. The summed E-state index contributed by atoms with van der Waals surface area (Å²) in [6.07, 6.45) is 2.38. The van der Waals surface area contributed by atoms with Gasteiger partial charge < -0.3 is 15.4 Å². The van der Waals surface area contributed by atoms with Crippen molar-refractivity contribution in [2.45, 2.75) is 64.6 Å². The second-order valence-corrected chi connectivity index (χ2v) is 6.31. The first-order valence-corrected chi connectivity index (χ1v) is 6.43. The average molecular weight is 228 g/mol. The highest BCUT2D eigenvalue weighted by Gasteiger charge is 2.29. The molecule has 1 saturated heterocycles. The second kappa shape index (κ2) is 5.48. The van der Waals surface area contributed by atoms with Gasteiger partial charge in [-0.25, -0.2) is 0 Å². The monoisotopic (exact) mass is 228 g/mol. The molecule has 3 nitrogen and oxygen atoms in total. The zero-order valence-electron chi connectivity index (χ0n) is 11.5. The summed E-state index contributed by atoms with van der Waals surface area (Å²) in [5.41, 5.74) is 0.264. The first kappa shape index (κ1) is 13.9. The van der Waals surface area contributed by atoms with Crippen LogP contribution in [0.3, 0.4) is 0 Å². The van der Waals surface area contributed by atoms with Crippen LogP contribution in [0.4, 0.5) is 0 Å². The van der Waals surface area contributed by atoms with E-state index in [1.165, 1.54) is 12.8 Å². The van der Waals surface area contributed by atoms with Crippen molar-refractivity contribution in [1.82, 2.24) is 10.6 Å². The highest BCUT2D eigenvalue weighted by Crippen LogP contribution is 2.23. The molecule has 0 amide bonds. The number of ether oxygens (including phenoxy) is 1. The van der Waals surface area contributed by atoms with Crippen molar-refractivity contribution in [3.8, 4) is 0 Å². The third kappa shape index (κ3) is 5.28. The lowest BCUT2D eigenvalue weighted by Gasteiger charge is -2.28. The van der Waals surface area contributed by atoms with Crippen LogP contribution in [-0.2, 0) is 4.74 Å². The summed E-state index contributed by atoms with van der Waals surface area (Å²) in [4.78, 5) is 0. The molecule has 2 unspecified atom stereocenters. The molecule has 0 aromatic rings. The van der Waals surface area contributed by atoms with Gasteiger partial charge in [0.15, 0.2) is 0 Å². The molecule has 96 valence electrons. The Hall–Kier alpha value is -0.120. The highest BCUT2D eigenvalue weighted by molar-refractivity contribution is 4.84. The molecule has 2 N–H and O–H groups in total. The fourth-order valence-electron chi connectivity index (χ4n) is 1.90. The number of hydrogen-bond donors (Lipinski definition) is 2. The first-order valence-electron chi connectivity index (χ1n) is 6.43. The zero-order valence-corrected chi connectivity index (χ0v) is 11.5. The Kier molecular flexibility index (Phi) is 4.77. The van der Waals surface area contributed by atoms with Gasteiger partial charge in [-0.05, 0) is 47.5 Å². The lowest BCUT2D eigenvalue weighted by Crippen LogP contribution is -2.48. The molecule has 2 atom stereocenters. The molecule has 1 rings (SSSR count). The van der Waals surface area contributed by atoms with Gasteiger partial charge in [-0.1, -0.05) is 0 Å². The van der Waals surface area contributed by atoms with E-state index < -0.39 is 0 Å². The SMILES string of the molecule is CC(CNC(C)(C)C)NCC1(C)CCCO1. The number of hydrogen-bond acceptors (Lipinski definition) is 3. The summed E-state index contributed by atoms with van der Waals surface area (Å²) >= 11 is 0. The van der Waals surface area contributed by atoms with Gasteiger partial charge in [-0.2, -0.15) is 0 Å². The van der Waals surface area contributed by atoms with Gasteiger partial charge in [0.05, 0.1) is 5.60 Å². The van der Waals surface area contributed by atoms with E-state index in [1.54, 1.807) is 0 Å². The Labute approximate surface area is 100 Å². The van der Waals surface area contributed by atoms with E-state index in [9.17, 15) is 0 Å². The minimum Gasteiger partial charge on any atom is -0.374 e. The lowest BCUT2D eigenvalue weighted by molar-refractivity contribution is 0.0190. The molecule has 1 fully saturated rings. The van der Waals surface area contributed by atoms with Gasteiger partial charge in [0.25, 0.3) is 0 Å². The van der Waals surface area contributed by atoms with Crippen LogP contribution in [0.1, 0.15) is 47.5 Å². The van der Waals surface area contributed by atoms with Crippen molar-refractivity contribution >= 4 is 0 Å². The van der Waals surface area contributed by atoms with E-state index in [0.29, 0.717) is 6.04 Å². The Morgan fingerprint density at radius 2 is 2.06 bits per heavy atom. The van der Waals surface area contributed by atoms with Crippen molar-refractivity contribution < 1.29 is 4.74 Å². The predicted molar refractivity (Wildman–Crippen MR) is 68.8 cm³/mol. The Balaban J connectivity index is 2.17. The highest BCUT2D eigenvalue weighted by atomic mass is 16.5. The smallest absolute Gasteiger partial charge is 0.0779 e. The van der Waals surface area contributed by atoms with Gasteiger partial charge in [0, 0.05) is 31.3 Å². The van der Waals surface area contributed by atoms with E-state index in [2.05, 4.69) is 45.3 Å².